The maximum atomic E-state index is 12.6. The molecular weight excluding hydrogens is 298 g/mol. The molecule has 0 amide bonds. The van der Waals surface area contributed by atoms with E-state index in [1.54, 1.807) is 0 Å². The number of nitrogens with one attached hydrogen (secondary N) is 1. The Morgan fingerprint density at radius 2 is 2.00 bits per heavy atom. The van der Waals surface area contributed by atoms with Crippen molar-refractivity contribution < 1.29 is 23.4 Å². The number of aromatic nitrogens is 2. The molecule has 9 heteroatoms. The second-order valence-electron chi connectivity index (χ2n) is 5.27. The lowest BCUT2D eigenvalue weighted by atomic mass is 9.93. The Morgan fingerprint density at radius 3 is 2.57 bits per heavy atom. The molecule has 0 bridgehead atoms. The molecule has 0 saturated heterocycles. The first kappa shape index (κ1) is 15.9. The number of aromatic carboxylic acids is 1. The summed E-state index contributed by atoms with van der Waals surface area (Å²) >= 11 is 0. The monoisotopic (exact) mass is 317 g/mol. The van der Waals surface area contributed by atoms with Crippen molar-refractivity contribution in [3.8, 4) is 0 Å². The van der Waals surface area contributed by atoms with E-state index in [-0.39, 0.29) is 11.3 Å². The first-order chi connectivity index (χ1) is 9.76. The Bertz CT molecular complexity index is 639. The molecule has 0 aliphatic heterocycles. The van der Waals surface area contributed by atoms with Crippen LogP contribution in [0.3, 0.4) is 0 Å². The van der Waals surface area contributed by atoms with E-state index in [1.807, 2.05) is 0 Å². The average Bonchev–Trinajstić information content (AvgIpc) is 2.81. The van der Waals surface area contributed by atoms with Crippen molar-refractivity contribution in [2.75, 3.05) is 7.05 Å². The van der Waals surface area contributed by atoms with Crippen LogP contribution in [0.1, 0.15) is 41.7 Å². The molecule has 0 spiro atoms. The number of hydrogen-bond acceptors (Lipinski definition) is 5. The average molecular weight is 317 g/mol. The molecule has 21 heavy (non-hydrogen) atoms. The Hall–Kier alpha value is -1.45. The Balaban J connectivity index is 2.40. The molecule has 0 aromatic carbocycles. The number of aromatic amines is 1. The third-order valence-electron chi connectivity index (χ3n) is 3.91. The number of aryl methyl sites for hydroxylation is 1. The summed E-state index contributed by atoms with van der Waals surface area (Å²) in [5.41, 5.74) is -0.175. The van der Waals surface area contributed by atoms with Crippen LogP contribution in [0, 0.1) is 6.92 Å². The number of sulfonamides is 1. The van der Waals surface area contributed by atoms with E-state index >= 15 is 0 Å². The van der Waals surface area contributed by atoms with Gasteiger partial charge in [0.2, 0.25) is 5.03 Å². The molecule has 1 aromatic rings. The van der Waals surface area contributed by atoms with Crippen LogP contribution in [0.5, 0.6) is 0 Å². The van der Waals surface area contributed by atoms with Gasteiger partial charge in [0.1, 0.15) is 5.56 Å². The Kier molecular flexibility index (Phi) is 4.35. The van der Waals surface area contributed by atoms with Crippen molar-refractivity contribution in [3.05, 3.63) is 11.3 Å². The van der Waals surface area contributed by atoms with Crippen molar-refractivity contribution in [2.45, 2.75) is 49.8 Å². The van der Waals surface area contributed by atoms with Gasteiger partial charge in [-0.2, -0.15) is 9.40 Å². The zero-order chi connectivity index (χ0) is 15.8. The van der Waals surface area contributed by atoms with Crippen LogP contribution in [-0.4, -0.2) is 58.3 Å². The first-order valence-corrected chi connectivity index (χ1v) is 8.15. The number of carbonyl (C=O) groups is 1. The van der Waals surface area contributed by atoms with Crippen molar-refractivity contribution in [1.82, 2.24) is 14.5 Å². The number of aliphatic hydroxyl groups is 1. The number of likely N-dealkylation sites (N-methyl/N-ethyl adjacent to an activating group) is 1. The summed E-state index contributed by atoms with van der Waals surface area (Å²) in [6.45, 7) is 1.45. The van der Waals surface area contributed by atoms with Gasteiger partial charge < -0.3 is 10.2 Å². The highest BCUT2D eigenvalue weighted by atomic mass is 32.2. The largest absolute Gasteiger partial charge is 0.478 e. The van der Waals surface area contributed by atoms with Gasteiger partial charge in [0.25, 0.3) is 10.0 Å². The maximum absolute atomic E-state index is 12.6. The molecule has 1 saturated carbocycles. The standard InChI is InChI=1S/C12H19N3O5S/c1-7-10(12(17)18)11(14-13-7)21(19,20)15(2)8-5-3-4-6-9(8)16/h8-9,16H,3-6H2,1-2H3,(H,13,14)(H,17,18). The van der Waals surface area contributed by atoms with Crippen molar-refractivity contribution in [2.24, 2.45) is 0 Å². The van der Waals surface area contributed by atoms with Crippen LogP contribution >= 0.6 is 0 Å². The van der Waals surface area contributed by atoms with Gasteiger partial charge in [0.05, 0.1) is 12.1 Å². The summed E-state index contributed by atoms with van der Waals surface area (Å²) in [7, 11) is -2.72. The number of hydrogen-bond donors (Lipinski definition) is 3. The van der Waals surface area contributed by atoms with E-state index in [0.29, 0.717) is 12.8 Å². The smallest absolute Gasteiger partial charge is 0.340 e. The second kappa shape index (κ2) is 5.74. The molecule has 1 aliphatic rings. The van der Waals surface area contributed by atoms with Crippen LogP contribution in [0.15, 0.2) is 5.03 Å². The summed E-state index contributed by atoms with van der Waals surface area (Å²) in [6.07, 6.45) is 2.02. The van der Waals surface area contributed by atoms with Gasteiger partial charge in [-0.3, -0.25) is 5.10 Å². The number of aliphatic hydroxyl groups excluding tert-OH is 1. The first-order valence-electron chi connectivity index (χ1n) is 6.71. The van der Waals surface area contributed by atoms with E-state index in [4.69, 9.17) is 5.11 Å². The topological polar surface area (TPSA) is 124 Å². The van der Waals surface area contributed by atoms with E-state index < -0.39 is 33.2 Å². The van der Waals surface area contributed by atoms with Crippen molar-refractivity contribution >= 4 is 16.0 Å². The highest BCUT2D eigenvalue weighted by Crippen LogP contribution is 2.28. The lowest BCUT2D eigenvalue weighted by Gasteiger charge is -2.33. The fourth-order valence-electron chi connectivity index (χ4n) is 2.68. The molecule has 1 heterocycles. The second-order valence-corrected chi connectivity index (χ2v) is 7.19. The third-order valence-corrected chi connectivity index (χ3v) is 5.73. The number of rotatable bonds is 4. The Labute approximate surface area is 122 Å². The van der Waals surface area contributed by atoms with Crippen LogP contribution in [-0.2, 0) is 10.0 Å². The predicted molar refractivity (Wildman–Crippen MR) is 73.5 cm³/mol. The normalized spacial score (nSPS) is 23.4. The van der Waals surface area contributed by atoms with E-state index in [9.17, 15) is 18.3 Å². The quantitative estimate of drug-likeness (QED) is 0.735. The summed E-state index contributed by atoms with van der Waals surface area (Å²) in [4.78, 5) is 11.2. The van der Waals surface area contributed by atoms with Crippen LogP contribution < -0.4 is 0 Å². The minimum Gasteiger partial charge on any atom is -0.478 e. The zero-order valence-corrected chi connectivity index (χ0v) is 12.7. The van der Waals surface area contributed by atoms with Gasteiger partial charge in [-0.25, -0.2) is 13.2 Å². The minimum absolute atomic E-state index is 0.179. The van der Waals surface area contributed by atoms with Gasteiger partial charge in [0.15, 0.2) is 0 Å². The highest BCUT2D eigenvalue weighted by Gasteiger charge is 2.38. The van der Waals surface area contributed by atoms with Gasteiger partial charge in [-0.15, -0.1) is 0 Å². The molecule has 0 radical (unpaired) electrons. The molecule has 1 fully saturated rings. The van der Waals surface area contributed by atoms with Crippen molar-refractivity contribution in [1.29, 1.82) is 0 Å². The third kappa shape index (κ3) is 2.81. The maximum Gasteiger partial charge on any atom is 0.340 e. The summed E-state index contributed by atoms with van der Waals surface area (Å²) < 4.78 is 26.2. The van der Waals surface area contributed by atoms with Gasteiger partial charge in [-0.1, -0.05) is 12.8 Å². The lowest BCUT2D eigenvalue weighted by Crippen LogP contribution is -2.46. The number of nitrogens with zero attached hydrogens (tertiary/aromatic N) is 2. The zero-order valence-electron chi connectivity index (χ0n) is 11.9. The molecule has 2 unspecified atom stereocenters. The number of carboxylic acid groups (broad SMARTS) is 1. The fourth-order valence-corrected chi connectivity index (χ4v) is 4.21. The summed E-state index contributed by atoms with van der Waals surface area (Å²) in [5.74, 6) is -1.35. The van der Waals surface area contributed by atoms with Gasteiger partial charge >= 0.3 is 5.97 Å². The summed E-state index contributed by atoms with van der Waals surface area (Å²) in [6, 6.07) is -0.553. The number of H-pyrrole nitrogens is 1. The molecule has 2 atom stereocenters. The minimum atomic E-state index is -4.08. The molecule has 1 aliphatic carbocycles. The van der Waals surface area contributed by atoms with Crippen LogP contribution in [0.25, 0.3) is 0 Å². The molecule has 118 valence electrons. The molecule has 3 N–H and O–H groups in total. The molecule has 2 rings (SSSR count). The lowest BCUT2D eigenvalue weighted by molar-refractivity contribution is 0.0635. The van der Waals surface area contributed by atoms with Gasteiger partial charge in [0, 0.05) is 12.7 Å². The fraction of sp³-hybridized carbons (Fsp3) is 0.667. The predicted octanol–water partition coefficient (Wildman–Crippen LogP) is 0.340. The molecular formula is C12H19N3O5S. The van der Waals surface area contributed by atoms with E-state index in [2.05, 4.69) is 10.2 Å². The SMILES string of the molecule is Cc1[nH]nc(S(=O)(=O)N(C)C2CCCCC2O)c1C(=O)O. The van der Waals surface area contributed by atoms with Crippen molar-refractivity contribution in [3.63, 3.8) is 0 Å². The number of carboxylic acids is 1. The van der Waals surface area contributed by atoms with E-state index in [1.165, 1.54) is 14.0 Å². The Morgan fingerprint density at radius 1 is 1.38 bits per heavy atom. The van der Waals surface area contributed by atoms with Crippen LogP contribution in [0.4, 0.5) is 0 Å². The molecule has 1 aromatic heterocycles. The summed E-state index contributed by atoms with van der Waals surface area (Å²) in [5, 5.41) is 24.7. The van der Waals surface area contributed by atoms with Gasteiger partial charge in [-0.05, 0) is 19.8 Å². The molecule has 8 nitrogen and oxygen atoms in total. The van der Waals surface area contributed by atoms with Crippen LogP contribution in [0.2, 0.25) is 0 Å². The highest BCUT2D eigenvalue weighted by molar-refractivity contribution is 7.89. The van der Waals surface area contributed by atoms with E-state index in [0.717, 1.165) is 17.1 Å².